The lowest BCUT2D eigenvalue weighted by molar-refractivity contribution is 0.0981. The molecule has 7 heteroatoms. The second-order valence-corrected chi connectivity index (χ2v) is 6.01. The lowest BCUT2D eigenvalue weighted by atomic mass is 10.2. The second kappa shape index (κ2) is 5.48. The van der Waals surface area contributed by atoms with Crippen LogP contribution in [0.15, 0.2) is 18.2 Å². The highest BCUT2D eigenvalue weighted by Gasteiger charge is 2.19. The van der Waals surface area contributed by atoms with Crippen LogP contribution in [0.25, 0.3) is 0 Å². The summed E-state index contributed by atoms with van der Waals surface area (Å²) in [7, 11) is -3.58. The second-order valence-electron chi connectivity index (χ2n) is 4.17. The molecule has 1 aromatic carbocycles. The Morgan fingerprint density at radius 3 is 2.79 bits per heavy atom. The van der Waals surface area contributed by atoms with Crippen LogP contribution in [0.3, 0.4) is 0 Å². The van der Waals surface area contributed by atoms with Crippen molar-refractivity contribution in [2.24, 2.45) is 0 Å². The van der Waals surface area contributed by atoms with Gasteiger partial charge in [-0.15, -0.1) is 0 Å². The maximum atomic E-state index is 11.8. The quantitative estimate of drug-likeness (QED) is 0.881. The minimum atomic E-state index is -3.58. The molecule has 104 valence electrons. The highest BCUT2D eigenvalue weighted by molar-refractivity contribution is 7.90. The standard InChI is InChI=1S/C12H15NO5S/c1-2-3-6-19(15,16)13-12(14)9-4-5-10-11(7-9)18-8-17-10/h4-5,7H,2-3,6,8H2,1H3,(H,13,14). The molecule has 1 N–H and O–H groups in total. The van der Waals surface area contributed by atoms with Crippen LogP contribution in [0.4, 0.5) is 0 Å². The molecule has 0 atom stereocenters. The van der Waals surface area contributed by atoms with E-state index in [9.17, 15) is 13.2 Å². The maximum Gasteiger partial charge on any atom is 0.264 e. The number of hydrogen-bond donors (Lipinski definition) is 1. The molecule has 0 radical (unpaired) electrons. The van der Waals surface area contributed by atoms with Gasteiger partial charge in [0.2, 0.25) is 16.8 Å². The number of carbonyl (C=O) groups excluding carboxylic acids is 1. The van der Waals surface area contributed by atoms with Crippen LogP contribution < -0.4 is 14.2 Å². The van der Waals surface area contributed by atoms with E-state index in [1.165, 1.54) is 12.1 Å². The average Bonchev–Trinajstić information content (AvgIpc) is 2.83. The molecular formula is C12H15NO5S. The topological polar surface area (TPSA) is 81.7 Å². The normalized spacial score (nSPS) is 13.3. The van der Waals surface area contributed by atoms with Gasteiger partial charge < -0.3 is 9.47 Å². The zero-order valence-corrected chi connectivity index (χ0v) is 11.3. The summed E-state index contributed by atoms with van der Waals surface area (Å²) in [6.45, 7) is 1.99. The van der Waals surface area contributed by atoms with Crippen molar-refractivity contribution >= 4 is 15.9 Å². The Balaban J connectivity index is 2.08. The summed E-state index contributed by atoms with van der Waals surface area (Å²) >= 11 is 0. The predicted molar refractivity (Wildman–Crippen MR) is 68.7 cm³/mol. The molecule has 0 saturated heterocycles. The number of rotatable bonds is 5. The summed E-state index contributed by atoms with van der Waals surface area (Å²) in [5, 5.41) is 0. The summed E-state index contributed by atoms with van der Waals surface area (Å²) in [5.74, 6) is 0.276. The van der Waals surface area contributed by atoms with Crippen LogP contribution in [0.1, 0.15) is 30.1 Å². The molecule has 6 nitrogen and oxygen atoms in total. The Labute approximate surface area is 111 Å². The van der Waals surface area contributed by atoms with Crippen molar-refractivity contribution in [2.75, 3.05) is 12.5 Å². The van der Waals surface area contributed by atoms with Crippen molar-refractivity contribution in [3.8, 4) is 11.5 Å². The molecule has 1 amide bonds. The van der Waals surface area contributed by atoms with Gasteiger partial charge in [-0.3, -0.25) is 4.79 Å². The molecule has 0 spiro atoms. The molecule has 1 heterocycles. The van der Waals surface area contributed by atoms with Crippen LogP contribution in [-0.2, 0) is 10.0 Å². The van der Waals surface area contributed by atoms with Gasteiger partial charge in [-0.25, -0.2) is 13.1 Å². The molecule has 0 bridgehead atoms. The number of nitrogens with one attached hydrogen (secondary N) is 1. The van der Waals surface area contributed by atoms with Crippen LogP contribution in [0.2, 0.25) is 0 Å². The first-order valence-electron chi connectivity index (χ1n) is 5.96. The molecule has 19 heavy (non-hydrogen) atoms. The van der Waals surface area contributed by atoms with Crippen molar-refractivity contribution in [1.29, 1.82) is 0 Å². The SMILES string of the molecule is CCCCS(=O)(=O)NC(=O)c1ccc2c(c1)OCO2. The van der Waals surface area contributed by atoms with Gasteiger partial charge in [0.15, 0.2) is 11.5 Å². The lowest BCUT2D eigenvalue weighted by Gasteiger charge is -2.06. The van der Waals surface area contributed by atoms with E-state index in [-0.39, 0.29) is 18.1 Å². The molecule has 1 aromatic rings. The number of fused-ring (bicyclic) bond motifs is 1. The van der Waals surface area contributed by atoms with E-state index < -0.39 is 15.9 Å². The largest absolute Gasteiger partial charge is 0.454 e. The smallest absolute Gasteiger partial charge is 0.264 e. The Kier molecular flexibility index (Phi) is 3.94. The van der Waals surface area contributed by atoms with E-state index >= 15 is 0 Å². The first-order valence-corrected chi connectivity index (χ1v) is 7.61. The zero-order chi connectivity index (χ0) is 13.9. The van der Waals surface area contributed by atoms with Crippen molar-refractivity contribution in [3.05, 3.63) is 23.8 Å². The summed E-state index contributed by atoms with van der Waals surface area (Å²) in [5.41, 5.74) is 0.226. The lowest BCUT2D eigenvalue weighted by Crippen LogP contribution is -2.32. The summed E-state index contributed by atoms with van der Waals surface area (Å²) in [4.78, 5) is 11.8. The van der Waals surface area contributed by atoms with Gasteiger partial charge in [0.25, 0.3) is 5.91 Å². The minimum Gasteiger partial charge on any atom is -0.454 e. The van der Waals surface area contributed by atoms with Crippen LogP contribution in [0.5, 0.6) is 11.5 Å². The third-order valence-electron chi connectivity index (χ3n) is 2.65. The first-order chi connectivity index (χ1) is 9.02. The predicted octanol–water partition coefficient (Wildman–Crippen LogP) is 1.28. The van der Waals surface area contributed by atoms with E-state index in [4.69, 9.17) is 9.47 Å². The number of ether oxygens (including phenoxy) is 2. The van der Waals surface area contributed by atoms with Crippen molar-refractivity contribution in [2.45, 2.75) is 19.8 Å². The monoisotopic (exact) mass is 285 g/mol. The summed E-state index contributed by atoms with van der Waals surface area (Å²) in [6, 6.07) is 4.54. The Morgan fingerprint density at radius 2 is 2.05 bits per heavy atom. The van der Waals surface area contributed by atoms with Gasteiger partial charge in [-0.05, 0) is 24.6 Å². The Hall–Kier alpha value is -1.76. The molecule has 1 aliphatic rings. The van der Waals surface area contributed by atoms with E-state index in [0.717, 1.165) is 6.42 Å². The highest BCUT2D eigenvalue weighted by atomic mass is 32.2. The van der Waals surface area contributed by atoms with E-state index in [1.807, 2.05) is 11.6 Å². The fourth-order valence-electron chi connectivity index (χ4n) is 1.62. The van der Waals surface area contributed by atoms with Crippen LogP contribution in [0, 0.1) is 0 Å². The van der Waals surface area contributed by atoms with Crippen LogP contribution >= 0.6 is 0 Å². The van der Waals surface area contributed by atoms with Crippen molar-refractivity contribution < 1.29 is 22.7 Å². The van der Waals surface area contributed by atoms with Gasteiger partial charge in [0.1, 0.15) is 0 Å². The third kappa shape index (κ3) is 3.37. The van der Waals surface area contributed by atoms with E-state index in [2.05, 4.69) is 0 Å². The van der Waals surface area contributed by atoms with E-state index in [1.54, 1.807) is 6.07 Å². The van der Waals surface area contributed by atoms with Gasteiger partial charge in [0.05, 0.1) is 5.75 Å². The highest BCUT2D eigenvalue weighted by Crippen LogP contribution is 2.32. The number of hydrogen-bond acceptors (Lipinski definition) is 5. The van der Waals surface area contributed by atoms with E-state index in [0.29, 0.717) is 17.9 Å². The molecular weight excluding hydrogens is 270 g/mol. The number of benzene rings is 1. The molecule has 0 aliphatic carbocycles. The fourth-order valence-corrected chi connectivity index (χ4v) is 2.79. The Morgan fingerprint density at radius 1 is 1.32 bits per heavy atom. The van der Waals surface area contributed by atoms with Crippen molar-refractivity contribution in [3.63, 3.8) is 0 Å². The van der Waals surface area contributed by atoms with Crippen LogP contribution in [-0.4, -0.2) is 26.9 Å². The van der Waals surface area contributed by atoms with Gasteiger partial charge in [0, 0.05) is 5.56 Å². The summed E-state index contributed by atoms with van der Waals surface area (Å²) in [6.07, 6.45) is 1.27. The number of amides is 1. The van der Waals surface area contributed by atoms with Crippen molar-refractivity contribution in [1.82, 2.24) is 4.72 Å². The average molecular weight is 285 g/mol. The molecule has 0 fully saturated rings. The van der Waals surface area contributed by atoms with Gasteiger partial charge in [-0.1, -0.05) is 13.3 Å². The molecule has 1 aliphatic heterocycles. The molecule has 0 saturated carbocycles. The summed E-state index contributed by atoms with van der Waals surface area (Å²) < 4.78 is 35.5. The first kappa shape index (κ1) is 13.7. The number of sulfonamides is 1. The molecule has 0 unspecified atom stereocenters. The van der Waals surface area contributed by atoms with Gasteiger partial charge in [-0.2, -0.15) is 0 Å². The zero-order valence-electron chi connectivity index (χ0n) is 10.5. The Bertz CT molecular complexity index is 582. The van der Waals surface area contributed by atoms with Gasteiger partial charge >= 0.3 is 0 Å². The molecule has 0 aromatic heterocycles. The fraction of sp³-hybridized carbons (Fsp3) is 0.417. The number of unbranched alkanes of at least 4 members (excludes halogenated alkanes) is 1. The minimum absolute atomic E-state index is 0.0558. The maximum absolute atomic E-state index is 11.8. The number of carbonyl (C=O) groups is 1. The molecule has 2 rings (SSSR count). The third-order valence-corrected chi connectivity index (χ3v) is 3.97.